The van der Waals surface area contributed by atoms with Crippen LogP contribution >= 0.6 is 23.4 Å². The number of carbonyl (C=O) groups excluding carboxylic acids is 2. The maximum absolute atomic E-state index is 12.8. The molecule has 0 radical (unpaired) electrons. The number of nitriles is 1. The van der Waals surface area contributed by atoms with Gasteiger partial charge in [0, 0.05) is 16.3 Å². The van der Waals surface area contributed by atoms with Gasteiger partial charge in [-0.3, -0.25) is 4.79 Å². The molecule has 0 aliphatic carbocycles. The Morgan fingerprint density at radius 2 is 1.91 bits per heavy atom. The molecule has 32 heavy (non-hydrogen) atoms. The lowest BCUT2D eigenvalue weighted by molar-refractivity contribution is -0.138. The van der Waals surface area contributed by atoms with Crippen molar-refractivity contribution in [3.05, 3.63) is 105 Å². The van der Waals surface area contributed by atoms with Crippen LogP contribution in [0.25, 0.3) is 0 Å². The smallest absolute Gasteiger partial charge is 0.337 e. The number of dihydropyridines is 1. The van der Waals surface area contributed by atoms with Crippen LogP contribution in [0.2, 0.25) is 5.02 Å². The van der Waals surface area contributed by atoms with E-state index in [-0.39, 0.29) is 18.1 Å². The fraction of sp³-hybridized carbons (Fsp3) is 0.160. The van der Waals surface area contributed by atoms with Gasteiger partial charge in [-0.15, -0.1) is 0 Å². The van der Waals surface area contributed by atoms with Gasteiger partial charge >= 0.3 is 5.97 Å². The molecule has 7 heteroatoms. The number of carbonyl (C=O) groups is 2. The molecular weight excluding hydrogens is 444 g/mol. The number of esters is 1. The Hall–Kier alpha value is -3.27. The van der Waals surface area contributed by atoms with E-state index in [4.69, 9.17) is 16.3 Å². The summed E-state index contributed by atoms with van der Waals surface area (Å²) in [7, 11) is 0. The summed E-state index contributed by atoms with van der Waals surface area (Å²) in [5.41, 5.74) is 2.63. The van der Waals surface area contributed by atoms with E-state index in [0.717, 1.165) is 5.56 Å². The van der Waals surface area contributed by atoms with E-state index in [1.54, 1.807) is 31.2 Å². The van der Waals surface area contributed by atoms with E-state index in [9.17, 15) is 14.9 Å². The standard InChI is InChI=1S/C25H21ClN2O3S/c1-3-13-31-25(30)22-16(2)28-24(20(14-27)23(22)18-7-5-4-6-8-18)32-15-21(29)17-9-11-19(26)12-10-17/h3-12,23,28H,1,13,15H2,2H3/t23-/m0/s1. The Morgan fingerprint density at radius 1 is 1.22 bits per heavy atom. The van der Waals surface area contributed by atoms with Gasteiger partial charge in [0.1, 0.15) is 6.61 Å². The molecule has 0 fully saturated rings. The summed E-state index contributed by atoms with van der Waals surface area (Å²) in [6.45, 7) is 5.40. The lowest BCUT2D eigenvalue weighted by Crippen LogP contribution is -2.29. The molecule has 0 amide bonds. The first-order chi connectivity index (χ1) is 15.5. The van der Waals surface area contributed by atoms with Crippen LogP contribution in [-0.2, 0) is 9.53 Å². The molecule has 2 aromatic carbocycles. The van der Waals surface area contributed by atoms with Crippen molar-refractivity contribution in [1.29, 1.82) is 5.26 Å². The minimum atomic E-state index is -0.604. The highest BCUT2D eigenvalue weighted by Crippen LogP contribution is 2.41. The van der Waals surface area contributed by atoms with Gasteiger partial charge in [0.25, 0.3) is 0 Å². The van der Waals surface area contributed by atoms with Gasteiger partial charge in [0.2, 0.25) is 0 Å². The first kappa shape index (κ1) is 23.4. The second kappa shape index (κ2) is 10.9. The van der Waals surface area contributed by atoms with Gasteiger partial charge in [-0.2, -0.15) is 5.26 Å². The topological polar surface area (TPSA) is 79.2 Å². The van der Waals surface area contributed by atoms with Gasteiger partial charge in [-0.1, -0.05) is 66.3 Å². The summed E-state index contributed by atoms with van der Waals surface area (Å²) in [6, 6.07) is 18.2. The summed E-state index contributed by atoms with van der Waals surface area (Å²) >= 11 is 7.13. The highest BCUT2D eigenvalue weighted by molar-refractivity contribution is 8.03. The molecule has 162 valence electrons. The minimum Gasteiger partial charge on any atom is -0.458 e. The van der Waals surface area contributed by atoms with Crippen molar-refractivity contribution in [1.82, 2.24) is 5.32 Å². The van der Waals surface area contributed by atoms with Gasteiger partial charge in [-0.05, 0) is 36.8 Å². The van der Waals surface area contributed by atoms with Crippen LogP contribution in [0.4, 0.5) is 0 Å². The van der Waals surface area contributed by atoms with Gasteiger partial charge in [0.05, 0.1) is 33.9 Å². The van der Waals surface area contributed by atoms with Crippen LogP contribution < -0.4 is 5.32 Å². The number of thioether (sulfide) groups is 1. The molecule has 1 aliphatic rings. The Kier molecular flexibility index (Phi) is 7.93. The quantitative estimate of drug-likeness (QED) is 0.321. The summed E-state index contributed by atoms with van der Waals surface area (Å²) in [5.74, 6) is -1.08. The van der Waals surface area contributed by atoms with Gasteiger partial charge in [0.15, 0.2) is 5.78 Å². The van der Waals surface area contributed by atoms with E-state index in [1.165, 1.54) is 17.8 Å². The van der Waals surface area contributed by atoms with Crippen LogP contribution in [0.15, 0.2) is 89.1 Å². The molecule has 0 spiro atoms. The van der Waals surface area contributed by atoms with Crippen LogP contribution in [0.1, 0.15) is 28.8 Å². The van der Waals surface area contributed by atoms with Crippen LogP contribution in [0.5, 0.6) is 0 Å². The predicted octanol–water partition coefficient (Wildman–Crippen LogP) is 5.38. The molecular formula is C25H21ClN2O3S. The second-order valence-electron chi connectivity index (χ2n) is 6.97. The number of rotatable bonds is 8. The number of allylic oxidation sites excluding steroid dienone is 2. The zero-order chi connectivity index (χ0) is 23.1. The SMILES string of the molecule is C=CCOC(=O)C1=C(C)NC(SCC(=O)c2ccc(Cl)cc2)=C(C#N)[C@@H]1c1ccccc1. The van der Waals surface area contributed by atoms with Crippen molar-refractivity contribution in [2.45, 2.75) is 12.8 Å². The summed E-state index contributed by atoms with van der Waals surface area (Å²) in [5, 5.41) is 14.3. The Morgan fingerprint density at radius 3 is 2.53 bits per heavy atom. The van der Waals surface area contributed by atoms with Crippen molar-refractivity contribution in [3.63, 3.8) is 0 Å². The monoisotopic (exact) mass is 464 g/mol. The average Bonchev–Trinajstić information content (AvgIpc) is 2.81. The molecule has 0 saturated heterocycles. The van der Waals surface area contributed by atoms with Crippen molar-refractivity contribution in [2.75, 3.05) is 12.4 Å². The maximum Gasteiger partial charge on any atom is 0.337 e. The number of nitrogens with one attached hydrogen (secondary N) is 1. The van der Waals surface area contributed by atoms with Crippen LogP contribution in [-0.4, -0.2) is 24.1 Å². The molecule has 0 bridgehead atoms. The molecule has 0 unspecified atom stereocenters. The van der Waals surface area contributed by atoms with Crippen molar-refractivity contribution >= 4 is 35.1 Å². The molecule has 0 aromatic heterocycles. The summed E-state index contributed by atoms with van der Waals surface area (Å²) < 4.78 is 5.29. The number of hydrogen-bond donors (Lipinski definition) is 1. The number of benzene rings is 2. The minimum absolute atomic E-state index is 0.0694. The molecule has 1 N–H and O–H groups in total. The van der Waals surface area contributed by atoms with E-state index < -0.39 is 11.9 Å². The lowest BCUT2D eigenvalue weighted by Gasteiger charge is -2.29. The number of nitrogens with zero attached hydrogens (tertiary/aromatic N) is 1. The zero-order valence-corrected chi connectivity index (χ0v) is 19.0. The molecule has 1 aliphatic heterocycles. The molecule has 1 heterocycles. The third-order valence-corrected chi connectivity index (χ3v) is 6.12. The van der Waals surface area contributed by atoms with Crippen LogP contribution in [0, 0.1) is 11.3 Å². The molecule has 3 rings (SSSR count). The van der Waals surface area contributed by atoms with E-state index >= 15 is 0 Å². The average molecular weight is 465 g/mol. The molecule has 0 saturated carbocycles. The van der Waals surface area contributed by atoms with Gasteiger partial charge < -0.3 is 10.1 Å². The molecule has 5 nitrogen and oxygen atoms in total. The number of ketones is 1. The molecule has 1 atom stereocenters. The Balaban J connectivity index is 1.94. The summed E-state index contributed by atoms with van der Waals surface area (Å²) in [4.78, 5) is 25.5. The third kappa shape index (κ3) is 5.31. The van der Waals surface area contributed by atoms with Crippen molar-refractivity contribution in [3.8, 4) is 6.07 Å². The second-order valence-corrected chi connectivity index (χ2v) is 8.39. The Labute approximate surface area is 196 Å². The zero-order valence-electron chi connectivity index (χ0n) is 17.4. The highest BCUT2D eigenvalue weighted by atomic mass is 35.5. The number of Topliss-reactive ketones (excluding diaryl/α,β-unsaturated/α-hetero) is 1. The van der Waals surface area contributed by atoms with Gasteiger partial charge in [-0.25, -0.2) is 4.79 Å². The fourth-order valence-corrected chi connectivity index (χ4v) is 4.46. The van der Waals surface area contributed by atoms with E-state index in [0.29, 0.717) is 32.5 Å². The largest absolute Gasteiger partial charge is 0.458 e. The first-order valence-electron chi connectivity index (χ1n) is 9.82. The maximum atomic E-state index is 12.8. The fourth-order valence-electron chi connectivity index (χ4n) is 3.35. The lowest BCUT2D eigenvalue weighted by atomic mass is 9.82. The van der Waals surface area contributed by atoms with Crippen molar-refractivity contribution < 1.29 is 14.3 Å². The molecule has 2 aromatic rings. The van der Waals surface area contributed by atoms with E-state index in [1.807, 2.05) is 30.3 Å². The first-order valence-corrected chi connectivity index (χ1v) is 11.2. The number of halogens is 1. The highest BCUT2D eigenvalue weighted by Gasteiger charge is 2.35. The summed E-state index contributed by atoms with van der Waals surface area (Å²) in [6.07, 6.45) is 1.49. The normalized spacial score (nSPS) is 15.6. The third-order valence-electron chi connectivity index (χ3n) is 4.85. The van der Waals surface area contributed by atoms with Crippen molar-refractivity contribution in [2.24, 2.45) is 0 Å². The number of hydrogen-bond acceptors (Lipinski definition) is 6. The number of ether oxygens (including phenoxy) is 1. The predicted molar refractivity (Wildman–Crippen MR) is 127 cm³/mol. The van der Waals surface area contributed by atoms with Crippen LogP contribution in [0.3, 0.4) is 0 Å². The van der Waals surface area contributed by atoms with E-state index in [2.05, 4.69) is 18.0 Å². The Bertz CT molecular complexity index is 1130.